The molecule has 1 atom stereocenters. The van der Waals surface area contributed by atoms with Gasteiger partial charge in [-0.1, -0.05) is 25.5 Å². The van der Waals surface area contributed by atoms with Crippen LogP contribution in [-0.4, -0.2) is 24.3 Å². The molecule has 0 aromatic rings. The third kappa shape index (κ3) is 7.46. The van der Waals surface area contributed by atoms with Gasteiger partial charge in [0.1, 0.15) is 0 Å². The molecule has 0 aromatic heterocycles. The van der Waals surface area contributed by atoms with Crippen LogP contribution in [0.1, 0.15) is 46.5 Å². The second-order valence-corrected chi connectivity index (χ2v) is 4.52. The zero-order valence-electron chi connectivity index (χ0n) is 10.8. The first-order valence-corrected chi connectivity index (χ1v) is 5.88. The summed E-state index contributed by atoms with van der Waals surface area (Å²) in [5.74, 6) is 0.138. The molecular weight excluding hydrogens is 204 g/mol. The minimum absolute atomic E-state index is 0.171. The first kappa shape index (κ1) is 15.2. The average Bonchev–Trinajstić information content (AvgIpc) is 2.25. The van der Waals surface area contributed by atoms with Gasteiger partial charge in [-0.3, -0.25) is 4.79 Å². The number of carbonyl (C=O) groups is 1. The van der Waals surface area contributed by atoms with Crippen LogP contribution in [0.15, 0.2) is 11.6 Å². The van der Waals surface area contributed by atoms with Crippen molar-refractivity contribution in [1.82, 2.24) is 0 Å². The summed E-state index contributed by atoms with van der Waals surface area (Å²) >= 11 is 0. The Kier molecular flexibility index (Phi) is 7.90. The summed E-state index contributed by atoms with van der Waals surface area (Å²) in [7, 11) is 1.40. The summed E-state index contributed by atoms with van der Waals surface area (Å²) in [5, 5.41) is 9.59. The van der Waals surface area contributed by atoms with Crippen LogP contribution in [0.4, 0.5) is 0 Å². The van der Waals surface area contributed by atoms with E-state index in [4.69, 9.17) is 0 Å². The van der Waals surface area contributed by atoms with Crippen molar-refractivity contribution in [2.75, 3.05) is 7.11 Å². The van der Waals surface area contributed by atoms with Crippen molar-refractivity contribution in [2.24, 2.45) is 5.92 Å². The van der Waals surface area contributed by atoms with Crippen LogP contribution in [0.2, 0.25) is 0 Å². The lowest BCUT2D eigenvalue weighted by atomic mass is 10.0. The highest BCUT2D eigenvalue weighted by Gasteiger charge is 2.07. The Balaban J connectivity index is 3.74. The lowest BCUT2D eigenvalue weighted by Crippen LogP contribution is -2.13. The summed E-state index contributed by atoms with van der Waals surface area (Å²) in [6.07, 6.45) is 4.69. The van der Waals surface area contributed by atoms with Crippen molar-refractivity contribution >= 4 is 5.97 Å². The molecule has 0 amide bonds. The molecule has 3 heteroatoms. The Morgan fingerprint density at radius 3 is 2.50 bits per heavy atom. The number of methoxy groups -OCH3 is 1. The lowest BCUT2D eigenvalue weighted by molar-refractivity contribution is -0.140. The van der Waals surface area contributed by atoms with Gasteiger partial charge in [-0.2, -0.15) is 0 Å². The van der Waals surface area contributed by atoms with Crippen LogP contribution in [0, 0.1) is 5.92 Å². The van der Waals surface area contributed by atoms with Crippen LogP contribution in [0.3, 0.4) is 0 Å². The van der Waals surface area contributed by atoms with E-state index in [1.807, 2.05) is 20.8 Å². The third-order valence-electron chi connectivity index (χ3n) is 2.68. The van der Waals surface area contributed by atoms with E-state index in [9.17, 15) is 9.90 Å². The fourth-order valence-corrected chi connectivity index (χ4v) is 1.34. The van der Waals surface area contributed by atoms with Gasteiger partial charge in [0.2, 0.25) is 0 Å². The maximum Gasteiger partial charge on any atom is 0.305 e. The molecule has 0 spiro atoms. The normalized spacial score (nSPS) is 14.0. The van der Waals surface area contributed by atoms with E-state index in [2.05, 4.69) is 10.8 Å². The highest BCUT2D eigenvalue weighted by atomic mass is 16.5. The van der Waals surface area contributed by atoms with Crippen molar-refractivity contribution in [3.05, 3.63) is 11.6 Å². The van der Waals surface area contributed by atoms with Crippen LogP contribution in [0.5, 0.6) is 0 Å². The molecule has 0 fully saturated rings. The van der Waals surface area contributed by atoms with Crippen LogP contribution in [0.25, 0.3) is 0 Å². The molecule has 0 aliphatic rings. The second kappa shape index (κ2) is 8.34. The first-order chi connectivity index (χ1) is 7.47. The molecule has 0 radical (unpaired) electrons. The Hall–Kier alpha value is -0.830. The largest absolute Gasteiger partial charge is 0.469 e. The first-order valence-electron chi connectivity index (χ1n) is 5.88. The number of hydrogen-bond donors (Lipinski definition) is 1. The molecule has 0 aliphatic carbocycles. The standard InChI is InChI=1S/C13H24O3/c1-10(2)12(14)7-5-6-11(3)8-9-13(15)16-4/h6,10,12,14H,5,7-9H2,1-4H3/b11-6+. The second-order valence-electron chi connectivity index (χ2n) is 4.52. The molecule has 1 unspecified atom stereocenters. The fraction of sp³-hybridized carbons (Fsp3) is 0.769. The minimum Gasteiger partial charge on any atom is -0.469 e. The number of carbonyl (C=O) groups excluding carboxylic acids is 1. The Labute approximate surface area is 98.5 Å². The molecule has 94 valence electrons. The van der Waals surface area contributed by atoms with Crippen LogP contribution >= 0.6 is 0 Å². The molecule has 0 heterocycles. The van der Waals surface area contributed by atoms with Gasteiger partial charge in [0.25, 0.3) is 0 Å². The number of esters is 1. The number of aliphatic hydroxyl groups is 1. The van der Waals surface area contributed by atoms with Gasteiger partial charge < -0.3 is 9.84 Å². The highest BCUT2D eigenvalue weighted by Crippen LogP contribution is 2.11. The van der Waals surface area contributed by atoms with Crippen LogP contribution in [-0.2, 0) is 9.53 Å². The predicted molar refractivity (Wildman–Crippen MR) is 65.1 cm³/mol. The zero-order chi connectivity index (χ0) is 12.6. The van der Waals surface area contributed by atoms with E-state index in [1.165, 1.54) is 12.7 Å². The van der Waals surface area contributed by atoms with Crippen molar-refractivity contribution in [3.8, 4) is 0 Å². The summed E-state index contributed by atoms with van der Waals surface area (Å²) < 4.78 is 4.57. The monoisotopic (exact) mass is 228 g/mol. The Morgan fingerprint density at radius 2 is 2.00 bits per heavy atom. The summed E-state index contributed by atoms with van der Waals surface area (Å²) in [6, 6.07) is 0. The lowest BCUT2D eigenvalue weighted by Gasteiger charge is -2.12. The van der Waals surface area contributed by atoms with Crippen molar-refractivity contribution in [2.45, 2.75) is 52.6 Å². The predicted octanol–water partition coefficient (Wildman–Crippen LogP) is 2.68. The SMILES string of the molecule is COC(=O)CC/C(C)=C/CCC(O)C(C)C. The third-order valence-corrected chi connectivity index (χ3v) is 2.68. The number of ether oxygens (including phenoxy) is 1. The van der Waals surface area contributed by atoms with E-state index >= 15 is 0 Å². The number of rotatable bonds is 7. The number of aliphatic hydroxyl groups excluding tert-OH is 1. The molecule has 0 bridgehead atoms. The quantitative estimate of drug-likeness (QED) is 0.538. The molecule has 0 aromatic carbocycles. The van der Waals surface area contributed by atoms with Crippen LogP contribution < -0.4 is 0 Å². The molecule has 16 heavy (non-hydrogen) atoms. The van der Waals surface area contributed by atoms with Crippen molar-refractivity contribution in [3.63, 3.8) is 0 Å². The average molecular weight is 228 g/mol. The van der Waals surface area contributed by atoms with Gasteiger partial charge in [-0.05, 0) is 32.1 Å². The van der Waals surface area contributed by atoms with Crippen molar-refractivity contribution < 1.29 is 14.6 Å². The maximum absolute atomic E-state index is 10.9. The van der Waals surface area contributed by atoms with Gasteiger partial charge in [0, 0.05) is 6.42 Å². The molecule has 0 aliphatic heterocycles. The summed E-state index contributed by atoms with van der Waals surface area (Å²) in [5.41, 5.74) is 1.18. The van der Waals surface area contributed by atoms with Gasteiger partial charge in [-0.25, -0.2) is 0 Å². The molecule has 3 nitrogen and oxygen atoms in total. The summed E-state index contributed by atoms with van der Waals surface area (Å²) in [4.78, 5) is 10.9. The van der Waals surface area contributed by atoms with Gasteiger partial charge >= 0.3 is 5.97 Å². The number of hydrogen-bond acceptors (Lipinski definition) is 3. The molecule has 0 rings (SSSR count). The summed E-state index contributed by atoms with van der Waals surface area (Å²) in [6.45, 7) is 6.03. The fourth-order valence-electron chi connectivity index (χ4n) is 1.34. The van der Waals surface area contributed by atoms with E-state index in [0.29, 0.717) is 12.3 Å². The smallest absolute Gasteiger partial charge is 0.305 e. The molecule has 0 saturated carbocycles. The molecule has 0 saturated heterocycles. The van der Waals surface area contributed by atoms with Crippen molar-refractivity contribution in [1.29, 1.82) is 0 Å². The van der Waals surface area contributed by atoms with E-state index in [-0.39, 0.29) is 12.1 Å². The van der Waals surface area contributed by atoms with Gasteiger partial charge in [0.05, 0.1) is 13.2 Å². The van der Waals surface area contributed by atoms with E-state index in [0.717, 1.165) is 19.3 Å². The van der Waals surface area contributed by atoms with Gasteiger partial charge in [-0.15, -0.1) is 0 Å². The maximum atomic E-state index is 10.9. The highest BCUT2D eigenvalue weighted by molar-refractivity contribution is 5.69. The Bertz CT molecular complexity index is 231. The zero-order valence-corrected chi connectivity index (χ0v) is 10.8. The van der Waals surface area contributed by atoms with E-state index < -0.39 is 0 Å². The van der Waals surface area contributed by atoms with Gasteiger partial charge in [0.15, 0.2) is 0 Å². The van der Waals surface area contributed by atoms with E-state index in [1.54, 1.807) is 0 Å². The minimum atomic E-state index is -0.232. The number of allylic oxidation sites excluding steroid dienone is 2. The molecular formula is C13H24O3. The molecule has 1 N–H and O–H groups in total. The topological polar surface area (TPSA) is 46.5 Å². The Morgan fingerprint density at radius 1 is 1.38 bits per heavy atom.